The first-order valence-corrected chi connectivity index (χ1v) is 8.25. The monoisotopic (exact) mass is 334 g/mol. The van der Waals surface area contributed by atoms with E-state index in [4.69, 9.17) is 4.74 Å². The van der Waals surface area contributed by atoms with Crippen molar-refractivity contribution in [2.24, 2.45) is 0 Å². The molecule has 0 spiro atoms. The number of nitrogens with one attached hydrogen (secondary N) is 1. The molecule has 1 heterocycles. The highest BCUT2D eigenvalue weighted by atomic mass is 16.6. The molecule has 0 bridgehead atoms. The molecule has 1 fully saturated rings. The second-order valence-electron chi connectivity index (χ2n) is 7.12. The molecule has 2 atom stereocenters. The zero-order valence-electron chi connectivity index (χ0n) is 14.5. The number of hydrogen-bond donors (Lipinski definition) is 2. The van der Waals surface area contributed by atoms with E-state index in [0.717, 1.165) is 5.56 Å². The maximum absolute atomic E-state index is 12.7. The number of hydrogen-bond acceptors (Lipinski definition) is 4. The Balaban J connectivity index is 2.08. The zero-order valence-corrected chi connectivity index (χ0v) is 14.5. The highest BCUT2D eigenvalue weighted by molar-refractivity contribution is 5.86. The highest BCUT2D eigenvalue weighted by Crippen LogP contribution is 2.14. The molecule has 24 heavy (non-hydrogen) atoms. The Bertz CT molecular complexity index is 568. The van der Waals surface area contributed by atoms with Crippen molar-refractivity contribution in [1.29, 1.82) is 0 Å². The van der Waals surface area contributed by atoms with Crippen LogP contribution in [0, 0.1) is 0 Å². The van der Waals surface area contributed by atoms with Crippen molar-refractivity contribution in [2.45, 2.75) is 51.4 Å². The van der Waals surface area contributed by atoms with Gasteiger partial charge in [-0.1, -0.05) is 30.3 Å². The predicted octanol–water partition coefficient (Wildman–Crippen LogP) is 1.72. The van der Waals surface area contributed by atoms with Gasteiger partial charge >= 0.3 is 6.09 Å². The summed E-state index contributed by atoms with van der Waals surface area (Å²) in [4.78, 5) is 26.4. The van der Waals surface area contributed by atoms with Crippen LogP contribution in [-0.4, -0.2) is 52.8 Å². The van der Waals surface area contributed by atoms with E-state index in [-0.39, 0.29) is 5.91 Å². The predicted molar refractivity (Wildman–Crippen MR) is 90.5 cm³/mol. The number of aliphatic hydroxyl groups is 1. The molecule has 1 aliphatic rings. The van der Waals surface area contributed by atoms with E-state index >= 15 is 0 Å². The van der Waals surface area contributed by atoms with Crippen LogP contribution in [0.25, 0.3) is 0 Å². The number of β-amino-alcohol motifs (C(OH)–C–C–N with tert-alkyl or cyclic N) is 1. The minimum atomic E-state index is -0.715. The molecular weight excluding hydrogens is 308 g/mol. The fraction of sp³-hybridized carbons (Fsp3) is 0.556. The van der Waals surface area contributed by atoms with Gasteiger partial charge in [-0.2, -0.15) is 0 Å². The van der Waals surface area contributed by atoms with Gasteiger partial charge in [-0.25, -0.2) is 4.79 Å². The molecule has 0 radical (unpaired) electrons. The average Bonchev–Trinajstić information content (AvgIpc) is 2.91. The Morgan fingerprint density at radius 2 is 2.00 bits per heavy atom. The van der Waals surface area contributed by atoms with Crippen LogP contribution in [0.1, 0.15) is 32.8 Å². The van der Waals surface area contributed by atoms with Crippen molar-refractivity contribution in [3.8, 4) is 0 Å². The van der Waals surface area contributed by atoms with Crippen LogP contribution in [0.2, 0.25) is 0 Å². The van der Waals surface area contributed by atoms with Crippen LogP contribution in [0.15, 0.2) is 30.3 Å². The smallest absolute Gasteiger partial charge is 0.408 e. The molecule has 2 amide bonds. The zero-order chi connectivity index (χ0) is 17.7. The molecule has 6 heteroatoms. The summed E-state index contributed by atoms with van der Waals surface area (Å²) in [5.41, 5.74) is 0.320. The lowest BCUT2D eigenvalue weighted by atomic mass is 10.0. The molecule has 0 aromatic heterocycles. The molecule has 0 saturated carbocycles. The second kappa shape index (κ2) is 7.66. The van der Waals surface area contributed by atoms with Crippen molar-refractivity contribution >= 4 is 12.0 Å². The minimum Gasteiger partial charge on any atom is -0.444 e. The molecule has 1 saturated heterocycles. The van der Waals surface area contributed by atoms with Crippen molar-refractivity contribution in [3.63, 3.8) is 0 Å². The minimum absolute atomic E-state index is 0.193. The number of nitrogens with zero attached hydrogens (tertiary/aromatic N) is 1. The molecule has 0 unspecified atom stereocenters. The summed E-state index contributed by atoms with van der Waals surface area (Å²) in [6.45, 7) is 6.13. The number of likely N-dealkylation sites (tertiary alicyclic amines) is 1. The first-order valence-electron chi connectivity index (χ1n) is 8.25. The first-order chi connectivity index (χ1) is 11.2. The summed E-state index contributed by atoms with van der Waals surface area (Å²) in [5.74, 6) is -0.193. The number of amides is 2. The molecule has 2 rings (SSSR count). The molecule has 132 valence electrons. The number of benzene rings is 1. The van der Waals surface area contributed by atoms with Gasteiger partial charge in [0.15, 0.2) is 0 Å². The maximum atomic E-state index is 12.7. The van der Waals surface area contributed by atoms with E-state index in [1.54, 1.807) is 25.7 Å². The van der Waals surface area contributed by atoms with E-state index in [9.17, 15) is 14.7 Å². The summed E-state index contributed by atoms with van der Waals surface area (Å²) >= 11 is 0. The van der Waals surface area contributed by atoms with Crippen LogP contribution in [0.5, 0.6) is 0 Å². The lowest BCUT2D eigenvalue weighted by molar-refractivity contribution is -0.132. The molecular formula is C18H26N2O4. The Kier molecular flexibility index (Phi) is 5.83. The maximum Gasteiger partial charge on any atom is 0.408 e. The Morgan fingerprint density at radius 1 is 1.33 bits per heavy atom. The Hall–Kier alpha value is -2.08. The third-order valence-corrected chi connectivity index (χ3v) is 3.75. The summed E-state index contributed by atoms with van der Waals surface area (Å²) in [6, 6.07) is 8.80. The number of rotatable bonds is 4. The molecule has 1 aromatic carbocycles. The summed E-state index contributed by atoms with van der Waals surface area (Å²) in [6.07, 6.45) is -0.161. The topological polar surface area (TPSA) is 78.9 Å². The van der Waals surface area contributed by atoms with Gasteiger partial charge < -0.3 is 20.1 Å². The van der Waals surface area contributed by atoms with Gasteiger partial charge in [0.25, 0.3) is 0 Å². The number of carbonyl (C=O) groups excluding carboxylic acids is 2. The van der Waals surface area contributed by atoms with Crippen LogP contribution < -0.4 is 5.32 Å². The quantitative estimate of drug-likeness (QED) is 0.879. The SMILES string of the molecule is CC(C)(C)OC(=O)N[C@@H](Cc1ccccc1)C(=O)N1CC[C@@H](O)C1. The van der Waals surface area contributed by atoms with Gasteiger partial charge in [0.2, 0.25) is 5.91 Å². The molecule has 2 N–H and O–H groups in total. The highest BCUT2D eigenvalue weighted by Gasteiger charge is 2.32. The number of alkyl carbamates (subject to hydrolysis) is 1. The van der Waals surface area contributed by atoms with Crippen LogP contribution >= 0.6 is 0 Å². The van der Waals surface area contributed by atoms with Crippen LogP contribution in [0.3, 0.4) is 0 Å². The van der Waals surface area contributed by atoms with Crippen LogP contribution in [-0.2, 0) is 16.0 Å². The Labute approximate surface area is 142 Å². The van der Waals surface area contributed by atoms with E-state index in [2.05, 4.69) is 5.32 Å². The fourth-order valence-corrected chi connectivity index (χ4v) is 2.66. The van der Waals surface area contributed by atoms with Gasteiger partial charge in [0, 0.05) is 19.5 Å². The number of carbonyl (C=O) groups is 2. The lowest BCUT2D eigenvalue weighted by Gasteiger charge is -2.26. The van der Waals surface area contributed by atoms with Gasteiger partial charge in [-0.15, -0.1) is 0 Å². The largest absolute Gasteiger partial charge is 0.444 e. The number of ether oxygens (including phenoxy) is 1. The second-order valence-corrected chi connectivity index (χ2v) is 7.12. The van der Waals surface area contributed by atoms with E-state index < -0.39 is 23.8 Å². The van der Waals surface area contributed by atoms with E-state index in [0.29, 0.717) is 25.9 Å². The van der Waals surface area contributed by atoms with E-state index in [1.165, 1.54) is 0 Å². The van der Waals surface area contributed by atoms with Crippen molar-refractivity contribution in [1.82, 2.24) is 10.2 Å². The molecule has 0 aliphatic carbocycles. The summed E-state index contributed by atoms with van der Waals surface area (Å²) in [5, 5.41) is 12.3. The van der Waals surface area contributed by atoms with Crippen molar-refractivity contribution in [3.05, 3.63) is 35.9 Å². The summed E-state index contributed by atoms with van der Waals surface area (Å²) in [7, 11) is 0. The fourth-order valence-electron chi connectivity index (χ4n) is 2.66. The van der Waals surface area contributed by atoms with Gasteiger partial charge in [0.1, 0.15) is 11.6 Å². The van der Waals surface area contributed by atoms with Gasteiger partial charge in [-0.05, 0) is 32.8 Å². The molecule has 1 aliphatic heterocycles. The van der Waals surface area contributed by atoms with Crippen LogP contribution in [0.4, 0.5) is 4.79 Å². The van der Waals surface area contributed by atoms with Crippen molar-refractivity contribution < 1.29 is 19.4 Å². The third-order valence-electron chi connectivity index (χ3n) is 3.75. The lowest BCUT2D eigenvalue weighted by Crippen LogP contribution is -2.50. The average molecular weight is 334 g/mol. The van der Waals surface area contributed by atoms with E-state index in [1.807, 2.05) is 30.3 Å². The third kappa shape index (κ3) is 5.53. The molecule has 1 aromatic rings. The van der Waals surface area contributed by atoms with Crippen molar-refractivity contribution in [2.75, 3.05) is 13.1 Å². The standard InChI is InChI=1S/C18H26N2O4/c1-18(2,3)24-17(23)19-15(11-13-7-5-4-6-8-13)16(22)20-10-9-14(21)12-20/h4-8,14-15,21H,9-12H2,1-3H3,(H,19,23)/t14-,15+/m1/s1. The molecule has 6 nitrogen and oxygen atoms in total. The summed E-state index contributed by atoms with van der Waals surface area (Å²) < 4.78 is 5.27. The van der Waals surface area contributed by atoms with Gasteiger partial charge in [-0.3, -0.25) is 4.79 Å². The number of aliphatic hydroxyl groups excluding tert-OH is 1. The Morgan fingerprint density at radius 3 is 2.54 bits per heavy atom. The van der Waals surface area contributed by atoms with Gasteiger partial charge in [0.05, 0.1) is 6.10 Å². The normalized spacial score (nSPS) is 19.0. The first kappa shape index (κ1) is 18.3.